The van der Waals surface area contributed by atoms with Crippen LogP contribution in [0.5, 0.6) is 11.5 Å². The Bertz CT molecular complexity index is 1280. The van der Waals surface area contributed by atoms with Gasteiger partial charge in [0.2, 0.25) is 0 Å². The van der Waals surface area contributed by atoms with Crippen molar-refractivity contribution >= 4 is 21.6 Å². The minimum Gasteiger partial charge on any atom is -0.490 e. The lowest BCUT2D eigenvalue weighted by Crippen LogP contribution is -2.37. The van der Waals surface area contributed by atoms with E-state index in [-0.39, 0.29) is 10.8 Å². The Balaban J connectivity index is 1.22. The number of hydrogen-bond donors (Lipinski definition) is 1. The largest absolute Gasteiger partial charge is 0.490 e. The number of amides is 1. The summed E-state index contributed by atoms with van der Waals surface area (Å²) in [6, 6.07) is 21.6. The Morgan fingerprint density at radius 3 is 2.26 bits per heavy atom. The molecule has 0 atom stereocenters. The van der Waals surface area contributed by atoms with Gasteiger partial charge in [-0.3, -0.25) is 9.52 Å². The number of hydrogen-bond acceptors (Lipinski definition) is 5. The third-order valence-corrected chi connectivity index (χ3v) is 7.85. The Kier molecular flexibility index (Phi) is 6.63. The Hall–Kier alpha value is -3.52. The van der Waals surface area contributed by atoms with Crippen molar-refractivity contribution in [2.45, 2.75) is 30.1 Å². The molecule has 7 nitrogen and oxygen atoms in total. The highest BCUT2D eigenvalue weighted by atomic mass is 32.2. The van der Waals surface area contributed by atoms with E-state index < -0.39 is 10.0 Å². The van der Waals surface area contributed by atoms with Crippen molar-refractivity contribution in [2.75, 3.05) is 31.0 Å². The van der Waals surface area contributed by atoms with Gasteiger partial charge >= 0.3 is 0 Å². The number of nitrogens with one attached hydrogen (secondary N) is 1. The van der Waals surface area contributed by atoms with Gasteiger partial charge in [-0.2, -0.15) is 0 Å². The first-order chi connectivity index (χ1) is 17.0. The van der Waals surface area contributed by atoms with Gasteiger partial charge in [0.05, 0.1) is 18.1 Å². The highest BCUT2D eigenvalue weighted by Crippen LogP contribution is 2.33. The summed E-state index contributed by atoms with van der Waals surface area (Å²) in [6.07, 6.45) is 2.61. The maximum atomic E-state index is 13.0. The highest BCUT2D eigenvalue weighted by molar-refractivity contribution is 7.92. The first kappa shape index (κ1) is 23.2. The van der Waals surface area contributed by atoms with E-state index in [4.69, 9.17) is 9.47 Å². The van der Waals surface area contributed by atoms with Crippen molar-refractivity contribution in [3.63, 3.8) is 0 Å². The van der Waals surface area contributed by atoms with Crippen LogP contribution in [0.4, 0.5) is 5.69 Å². The topological polar surface area (TPSA) is 84.9 Å². The van der Waals surface area contributed by atoms with Gasteiger partial charge in [0, 0.05) is 36.8 Å². The zero-order valence-corrected chi connectivity index (χ0v) is 20.2. The summed E-state index contributed by atoms with van der Waals surface area (Å²) < 4.78 is 39.6. The molecule has 0 unspecified atom stereocenters. The number of fused-ring (bicyclic) bond motifs is 1. The Labute approximate surface area is 205 Å². The van der Waals surface area contributed by atoms with Crippen molar-refractivity contribution < 1.29 is 22.7 Å². The molecule has 3 aromatic carbocycles. The molecule has 1 saturated heterocycles. The molecule has 3 aromatic rings. The SMILES string of the molecule is O=C(c1ccc(NS(=O)(=O)c2ccc3c(c2)OCCCO3)cc1)N1CCC(c2ccccc2)CC1. The summed E-state index contributed by atoms with van der Waals surface area (Å²) in [5.41, 5.74) is 2.25. The van der Waals surface area contributed by atoms with Gasteiger partial charge in [-0.25, -0.2) is 8.42 Å². The van der Waals surface area contributed by atoms with E-state index in [9.17, 15) is 13.2 Å². The van der Waals surface area contributed by atoms with Crippen molar-refractivity contribution in [3.05, 3.63) is 83.9 Å². The van der Waals surface area contributed by atoms with Crippen LogP contribution in [-0.4, -0.2) is 45.5 Å². The van der Waals surface area contributed by atoms with Crippen LogP contribution >= 0.6 is 0 Å². The molecule has 1 fully saturated rings. The third-order valence-electron chi connectivity index (χ3n) is 6.47. The lowest BCUT2D eigenvalue weighted by molar-refractivity contribution is 0.0713. The molecule has 0 radical (unpaired) electrons. The molecular weight excluding hydrogens is 464 g/mol. The van der Waals surface area contributed by atoms with E-state index in [1.807, 2.05) is 11.0 Å². The molecule has 35 heavy (non-hydrogen) atoms. The summed E-state index contributed by atoms with van der Waals surface area (Å²) >= 11 is 0. The number of ether oxygens (including phenoxy) is 2. The minimum atomic E-state index is -3.83. The van der Waals surface area contributed by atoms with Gasteiger partial charge in [0.25, 0.3) is 15.9 Å². The Morgan fingerprint density at radius 1 is 0.857 bits per heavy atom. The molecule has 0 aliphatic carbocycles. The van der Waals surface area contributed by atoms with Crippen LogP contribution in [-0.2, 0) is 10.0 Å². The molecule has 1 N–H and O–H groups in total. The molecule has 0 saturated carbocycles. The first-order valence-electron chi connectivity index (χ1n) is 11.9. The van der Waals surface area contributed by atoms with Crippen LogP contribution in [0, 0.1) is 0 Å². The van der Waals surface area contributed by atoms with Gasteiger partial charge in [0.1, 0.15) is 0 Å². The van der Waals surface area contributed by atoms with E-state index in [2.05, 4.69) is 29.0 Å². The molecule has 2 aliphatic rings. The standard InChI is InChI=1S/C27H28N2O5S/c30-27(29-15-13-21(14-16-29)20-5-2-1-3-6-20)22-7-9-23(10-8-22)28-35(31,32)24-11-12-25-26(19-24)34-18-4-17-33-25/h1-3,5-12,19,21,28H,4,13-18H2. The number of likely N-dealkylation sites (tertiary alicyclic amines) is 1. The van der Waals surface area contributed by atoms with Crippen LogP contribution in [0.3, 0.4) is 0 Å². The molecular formula is C27H28N2O5S. The lowest BCUT2D eigenvalue weighted by Gasteiger charge is -2.32. The maximum Gasteiger partial charge on any atom is 0.262 e. The van der Waals surface area contributed by atoms with Crippen LogP contribution < -0.4 is 14.2 Å². The predicted octanol–water partition coefficient (Wildman–Crippen LogP) is 4.67. The zero-order valence-electron chi connectivity index (χ0n) is 19.4. The fraction of sp³-hybridized carbons (Fsp3) is 0.296. The first-order valence-corrected chi connectivity index (χ1v) is 13.3. The quantitative estimate of drug-likeness (QED) is 0.560. The second-order valence-electron chi connectivity index (χ2n) is 8.82. The molecule has 1 amide bonds. The molecule has 2 aliphatic heterocycles. The van der Waals surface area contributed by atoms with E-state index >= 15 is 0 Å². The number of sulfonamides is 1. The van der Waals surface area contributed by atoms with Crippen LogP contribution in [0.1, 0.15) is 41.1 Å². The van der Waals surface area contributed by atoms with Crippen molar-refractivity contribution in [1.29, 1.82) is 0 Å². The van der Waals surface area contributed by atoms with Gasteiger partial charge in [0.15, 0.2) is 11.5 Å². The third kappa shape index (κ3) is 5.27. The smallest absolute Gasteiger partial charge is 0.262 e. The summed E-state index contributed by atoms with van der Waals surface area (Å²) in [4.78, 5) is 14.9. The maximum absolute atomic E-state index is 13.0. The highest BCUT2D eigenvalue weighted by Gasteiger charge is 2.25. The number of anilines is 1. The molecule has 2 heterocycles. The number of carbonyl (C=O) groups is 1. The van der Waals surface area contributed by atoms with E-state index in [1.165, 1.54) is 17.7 Å². The number of piperidine rings is 1. The lowest BCUT2D eigenvalue weighted by atomic mass is 9.89. The summed E-state index contributed by atoms with van der Waals surface area (Å²) in [5, 5.41) is 0. The van der Waals surface area contributed by atoms with E-state index in [0.29, 0.717) is 55.0 Å². The average Bonchev–Trinajstić information content (AvgIpc) is 3.14. The summed E-state index contributed by atoms with van der Waals surface area (Å²) in [6.45, 7) is 2.42. The second-order valence-corrected chi connectivity index (χ2v) is 10.5. The predicted molar refractivity (Wildman–Crippen MR) is 134 cm³/mol. The summed E-state index contributed by atoms with van der Waals surface area (Å²) in [5.74, 6) is 1.40. The van der Waals surface area contributed by atoms with Crippen LogP contribution in [0.2, 0.25) is 0 Å². The average molecular weight is 493 g/mol. The van der Waals surface area contributed by atoms with Gasteiger partial charge in [-0.15, -0.1) is 0 Å². The number of rotatable bonds is 5. The normalized spacial score (nSPS) is 16.4. The van der Waals surface area contributed by atoms with Crippen molar-refractivity contribution in [1.82, 2.24) is 4.90 Å². The van der Waals surface area contributed by atoms with Gasteiger partial charge < -0.3 is 14.4 Å². The summed E-state index contributed by atoms with van der Waals surface area (Å²) in [7, 11) is -3.83. The number of nitrogens with zero attached hydrogens (tertiary/aromatic N) is 1. The van der Waals surface area contributed by atoms with Crippen LogP contribution in [0.25, 0.3) is 0 Å². The van der Waals surface area contributed by atoms with E-state index in [0.717, 1.165) is 19.3 Å². The fourth-order valence-corrected chi connectivity index (χ4v) is 5.60. The molecule has 8 heteroatoms. The number of benzene rings is 3. The molecule has 0 bridgehead atoms. The van der Waals surface area contributed by atoms with Crippen molar-refractivity contribution in [3.8, 4) is 11.5 Å². The molecule has 0 aromatic heterocycles. The molecule has 5 rings (SSSR count). The molecule has 182 valence electrons. The van der Waals surface area contributed by atoms with Crippen LogP contribution in [0.15, 0.2) is 77.7 Å². The monoisotopic (exact) mass is 492 g/mol. The Morgan fingerprint density at radius 2 is 1.54 bits per heavy atom. The number of carbonyl (C=O) groups excluding carboxylic acids is 1. The minimum absolute atomic E-state index is 0.0335. The van der Waals surface area contributed by atoms with E-state index in [1.54, 1.807) is 30.3 Å². The van der Waals surface area contributed by atoms with Gasteiger partial charge in [-0.05, 0) is 60.7 Å². The zero-order chi connectivity index (χ0) is 24.3. The fourth-order valence-electron chi connectivity index (χ4n) is 4.53. The molecule has 0 spiro atoms. The second kappa shape index (κ2) is 10.00. The van der Waals surface area contributed by atoms with Crippen molar-refractivity contribution in [2.24, 2.45) is 0 Å². The van der Waals surface area contributed by atoms with Gasteiger partial charge in [-0.1, -0.05) is 30.3 Å².